The summed E-state index contributed by atoms with van der Waals surface area (Å²) in [6.45, 7) is 8.44. The summed E-state index contributed by atoms with van der Waals surface area (Å²) in [4.78, 5) is 27.9. The van der Waals surface area contributed by atoms with E-state index in [1.54, 1.807) is 12.1 Å². The maximum atomic E-state index is 14.6. The molecule has 6 aromatic rings. The predicted molar refractivity (Wildman–Crippen MR) is 201 cm³/mol. The zero-order chi connectivity index (χ0) is 35.1. The molecule has 0 saturated carbocycles. The van der Waals surface area contributed by atoms with Crippen molar-refractivity contribution in [1.82, 2.24) is 0 Å². The molecule has 0 aromatic heterocycles. The Morgan fingerprint density at radius 3 is 1.70 bits per heavy atom. The summed E-state index contributed by atoms with van der Waals surface area (Å²) >= 11 is 0. The van der Waals surface area contributed by atoms with E-state index >= 15 is 0 Å². The van der Waals surface area contributed by atoms with Gasteiger partial charge in [-0.15, -0.1) is 0 Å². The molecule has 5 heteroatoms. The van der Waals surface area contributed by atoms with Crippen LogP contribution in [0.1, 0.15) is 76.5 Å². The van der Waals surface area contributed by atoms with Crippen molar-refractivity contribution in [2.45, 2.75) is 50.5 Å². The van der Waals surface area contributed by atoms with E-state index in [1.807, 2.05) is 66.4 Å². The lowest BCUT2D eigenvalue weighted by Crippen LogP contribution is -2.56. The molecule has 0 saturated heterocycles. The minimum absolute atomic E-state index is 0.0499. The zero-order valence-corrected chi connectivity index (χ0v) is 28.8. The number of rotatable bonds is 7. The average molecular weight is 657 g/mol. The van der Waals surface area contributed by atoms with Gasteiger partial charge in [-0.1, -0.05) is 140 Å². The Morgan fingerprint density at radius 2 is 1.20 bits per heavy atom. The first kappa shape index (κ1) is 32.7. The number of carbonyl (C=O) groups is 1. The largest absolute Gasteiger partial charge is 0.302 e. The maximum Gasteiger partial charge on any atom is 0.269 e. The Bertz CT molecular complexity index is 2080. The monoisotopic (exact) mass is 656 g/mol. The molecule has 1 heterocycles. The first-order chi connectivity index (χ1) is 24.1. The van der Waals surface area contributed by atoms with Crippen LogP contribution in [0.4, 0.5) is 11.4 Å². The van der Waals surface area contributed by atoms with Crippen molar-refractivity contribution in [3.8, 4) is 0 Å². The molecule has 50 heavy (non-hydrogen) atoms. The number of aryl methyl sites for hydroxylation is 1. The molecule has 1 unspecified atom stereocenters. The number of nitro groups is 1. The van der Waals surface area contributed by atoms with Crippen LogP contribution in [0.25, 0.3) is 0 Å². The van der Waals surface area contributed by atoms with Gasteiger partial charge in [0.25, 0.3) is 11.6 Å². The number of fused-ring (bicyclic) bond motifs is 1. The van der Waals surface area contributed by atoms with Gasteiger partial charge in [-0.2, -0.15) is 0 Å². The van der Waals surface area contributed by atoms with E-state index in [9.17, 15) is 14.9 Å². The third kappa shape index (κ3) is 5.39. The Kier molecular flexibility index (Phi) is 8.23. The Morgan fingerprint density at radius 1 is 0.660 bits per heavy atom. The van der Waals surface area contributed by atoms with Crippen LogP contribution >= 0.6 is 0 Å². The molecule has 0 N–H and O–H groups in total. The van der Waals surface area contributed by atoms with Gasteiger partial charge in [0, 0.05) is 34.3 Å². The number of amides is 1. The molecule has 1 aliphatic heterocycles. The molecule has 0 aliphatic carbocycles. The topological polar surface area (TPSA) is 63.5 Å². The van der Waals surface area contributed by atoms with Gasteiger partial charge in [-0.05, 0) is 78.8 Å². The summed E-state index contributed by atoms with van der Waals surface area (Å²) < 4.78 is 0. The minimum Gasteiger partial charge on any atom is -0.302 e. The fourth-order valence-corrected chi connectivity index (χ4v) is 8.34. The van der Waals surface area contributed by atoms with Gasteiger partial charge in [-0.3, -0.25) is 14.9 Å². The first-order valence-electron chi connectivity index (χ1n) is 17.0. The second-order valence-electron chi connectivity index (χ2n) is 14.2. The van der Waals surface area contributed by atoms with Gasteiger partial charge in [0.15, 0.2) is 0 Å². The normalized spacial score (nSPS) is 16.8. The second-order valence-corrected chi connectivity index (χ2v) is 14.2. The SMILES string of the molecule is Cc1cccc(C(=O)N2c3ccc(C(c4ccccc4)(c4ccccc4)c4ccccc4)cc3C(C)(c3ccc([N+](=O)[O-])cc3)CC2(C)C)c1. The molecule has 0 radical (unpaired) electrons. The van der Waals surface area contributed by atoms with Crippen LogP contribution in [0.5, 0.6) is 0 Å². The van der Waals surface area contributed by atoms with Crippen molar-refractivity contribution in [3.63, 3.8) is 0 Å². The molecular weight excluding hydrogens is 617 g/mol. The third-order valence-electron chi connectivity index (χ3n) is 10.5. The third-order valence-corrected chi connectivity index (χ3v) is 10.5. The van der Waals surface area contributed by atoms with E-state index in [1.165, 1.54) is 0 Å². The maximum absolute atomic E-state index is 14.6. The molecule has 1 amide bonds. The first-order valence-corrected chi connectivity index (χ1v) is 17.0. The highest BCUT2D eigenvalue weighted by molar-refractivity contribution is 6.08. The van der Waals surface area contributed by atoms with Gasteiger partial charge in [0.05, 0.1) is 10.3 Å². The van der Waals surface area contributed by atoms with Crippen LogP contribution in [-0.2, 0) is 10.8 Å². The van der Waals surface area contributed by atoms with Crippen molar-refractivity contribution < 1.29 is 9.72 Å². The van der Waals surface area contributed by atoms with Gasteiger partial charge in [-0.25, -0.2) is 0 Å². The standard InChI is InChI=1S/C45H40N2O3/c1-32-15-14-16-33(29-32)42(48)46-41-28-25-38(30-40(41)44(4,31-43(46,2)3)34-23-26-39(27-24-34)47(49)50)45(35-17-8-5-9-18-35,36-19-10-6-11-20-36)37-21-12-7-13-22-37/h5-30H,31H2,1-4H3. The van der Waals surface area contributed by atoms with Crippen LogP contribution in [-0.4, -0.2) is 16.4 Å². The summed E-state index contributed by atoms with van der Waals surface area (Å²) in [5.41, 5.74) is 7.06. The lowest BCUT2D eigenvalue weighted by molar-refractivity contribution is -0.384. The minimum atomic E-state index is -0.687. The molecular formula is C45H40N2O3. The molecule has 0 bridgehead atoms. The highest BCUT2D eigenvalue weighted by atomic mass is 16.6. The van der Waals surface area contributed by atoms with E-state index in [0.29, 0.717) is 12.0 Å². The van der Waals surface area contributed by atoms with Crippen LogP contribution in [0.2, 0.25) is 0 Å². The summed E-state index contributed by atoms with van der Waals surface area (Å²) in [5, 5.41) is 11.7. The highest BCUT2D eigenvalue weighted by Crippen LogP contribution is 2.54. The summed E-state index contributed by atoms with van der Waals surface area (Å²) in [7, 11) is 0. The Labute approximate surface area is 294 Å². The number of anilines is 1. The fraction of sp³-hybridized carbons (Fsp3) is 0.178. The molecule has 5 nitrogen and oxygen atoms in total. The fourth-order valence-electron chi connectivity index (χ4n) is 8.34. The second kappa shape index (κ2) is 12.6. The Hall–Kier alpha value is -5.81. The summed E-state index contributed by atoms with van der Waals surface area (Å²) in [6.07, 6.45) is 0.598. The van der Waals surface area contributed by atoms with Gasteiger partial charge < -0.3 is 4.90 Å². The predicted octanol–water partition coefficient (Wildman–Crippen LogP) is 10.4. The molecule has 248 valence electrons. The van der Waals surface area contributed by atoms with Crippen molar-refractivity contribution in [1.29, 1.82) is 0 Å². The van der Waals surface area contributed by atoms with E-state index in [2.05, 4.69) is 112 Å². The zero-order valence-electron chi connectivity index (χ0n) is 28.8. The molecule has 1 atom stereocenters. The van der Waals surface area contributed by atoms with E-state index < -0.39 is 16.4 Å². The molecule has 1 aliphatic rings. The quantitative estimate of drug-likeness (QED) is 0.0976. The lowest BCUT2D eigenvalue weighted by Gasteiger charge is -2.52. The number of nitrogens with zero attached hydrogens (tertiary/aromatic N) is 2. The lowest BCUT2D eigenvalue weighted by atomic mass is 9.61. The van der Waals surface area contributed by atoms with Crippen LogP contribution < -0.4 is 4.90 Å². The number of nitro benzene ring substituents is 1. The van der Waals surface area contributed by atoms with E-state index in [0.717, 1.165) is 44.6 Å². The molecule has 7 rings (SSSR count). The van der Waals surface area contributed by atoms with Crippen molar-refractivity contribution in [3.05, 3.63) is 212 Å². The van der Waals surface area contributed by atoms with Gasteiger partial charge in [0.2, 0.25) is 0 Å². The van der Waals surface area contributed by atoms with Crippen molar-refractivity contribution in [2.24, 2.45) is 0 Å². The molecule has 6 aromatic carbocycles. The summed E-state index contributed by atoms with van der Waals surface area (Å²) in [5.74, 6) is -0.0566. The number of carbonyl (C=O) groups excluding carboxylic acids is 1. The summed E-state index contributed by atoms with van der Waals surface area (Å²) in [6, 6.07) is 53.0. The van der Waals surface area contributed by atoms with E-state index in [4.69, 9.17) is 0 Å². The average Bonchev–Trinajstić information content (AvgIpc) is 3.13. The molecule has 0 spiro atoms. The van der Waals surface area contributed by atoms with Crippen LogP contribution in [0, 0.1) is 17.0 Å². The number of benzene rings is 6. The molecule has 0 fully saturated rings. The van der Waals surface area contributed by atoms with Crippen LogP contribution in [0.15, 0.2) is 158 Å². The van der Waals surface area contributed by atoms with Crippen molar-refractivity contribution >= 4 is 17.3 Å². The van der Waals surface area contributed by atoms with Crippen LogP contribution in [0.3, 0.4) is 0 Å². The Balaban J connectivity index is 1.55. The number of hydrogen-bond acceptors (Lipinski definition) is 3. The number of non-ortho nitro benzene ring substituents is 1. The smallest absolute Gasteiger partial charge is 0.269 e. The van der Waals surface area contributed by atoms with Crippen molar-refractivity contribution in [2.75, 3.05) is 4.90 Å². The van der Waals surface area contributed by atoms with Gasteiger partial charge >= 0.3 is 0 Å². The highest BCUT2D eigenvalue weighted by Gasteiger charge is 2.49. The van der Waals surface area contributed by atoms with E-state index in [-0.39, 0.29) is 16.5 Å². The van der Waals surface area contributed by atoms with Gasteiger partial charge in [0.1, 0.15) is 0 Å². The number of hydrogen-bond donors (Lipinski definition) is 0.